The molecule has 8 heteroatoms. The minimum Gasteiger partial charge on any atom is -0.497 e. The van der Waals surface area contributed by atoms with Crippen molar-refractivity contribution in [1.29, 1.82) is 0 Å². The molecular weight excluding hydrogens is 372 g/mol. The van der Waals surface area contributed by atoms with E-state index >= 15 is 0 Å². The number of aromatic nitrogens is 2. The van der Waals surface area contributed by atoms with Crippen LogP contribution in [-0.4, -0.2) is 29.1 Å². The molecule has 0 aliphatic rings. The van der Waals surface area contributed by atoms with Gasteiger partial charge in [-0.2, -0.15) is 0 Å². The lowest BCUT2D eigenvalue weighted by atomic mass is 10.2. The van der Waals surface area contributed by atoms with Gasteiger partial charge in [0.2, 0.25) is 0 Å². The number of hydrogen-bond donors (Lipinski definition) is 2. The Morgan fingerprint density at radius 1 is 1.28 bits per heavy atom. The molecule has 1 aromatic carbocycles. The number of benzene rings is 1. The smallest absolute Gasteiger partial charge is 0.330 e. The van der Waals surface area contributed by atoms with Crippen LogP contribution in [0.5, 0.6) is 5.75 Å². The molecule has 2 aromatic rings. The first-order chi connectivity index (χ1) is 13.9. The van der Waals surface area contributed by atoms with Crippen molar-refractivity contribution in [3.8, 4) is 5.75 Å². The number of amides is 1. The number of unbranched alkanes of at least 4 members (excludes halogenated alkanes) is 1. The zero-order chi connectivity index (χ0) is 21.4. The Labute approximate surface area is 169 Å². The first-order valence-electron chi connectivity index (χ1n) is 9.69. The molecule has 8 nitrogen and oxygen atoms in total. The van der Waals surface area contributed by atoms with E-state index in [9.17, 15) is 14.4 Å². The second-order valence-corrected chi connectivity index (χ2v) is 6.60. The Balaban J connectivity index is 2.44. The third kappa shape index (κ3) is 5.37. The number of aromatic amines is 1. The van der Waals surface area contributed by atoms with Crippen molar-refractivity contribution >= 4 is 23.5 Å². The zero-order valence-corrected chi connectivity index (χ0v) is 17.1. The second kappa shape index (κ2) is 10.3. The molecule has 0 aliphatic carbocycles. The third-order valence-corrected chi connectivity index (χ3v) is 4.44. The maximum absolute atomic E-state index is 12.9. The summed E-state index contributed by atoms with van der Waals surface area (Å²) in [6.45, 7) is 4.55. The van der Waals surface area contributed by atoms with Crippen molar-refractivity contribution < 1.29 is 9.53 Å². The molecule has 0 unspecified atom stereocenters. The summed E-state index contributed by atoms with van der Waals surface area (Å²) < 4.78 is 6.47. The van der Waals surface area contributed by atoms with Gasteiger partial charge in [0, 0.05) is 19.2 Å². The van der Waals surface area contributed by atoms with E-state index in [1.807, 2.05) is 32.0 Å². The quantitative estimate of drug-likeness (QED) is 0.628. The number of nitrogens with one attached hydrogen (secondary N) is 1. The number of nitrogens with two attached hydrogens (primary N) is 1. The average Bonchev–Trinajstić information content (AvgIpc) is 2.71. The number of nitrogens with zero attached hydrogens (tertiary/aromatic N) is 2. The summed E-state index contributed by atoms with van der Waals surface area (Å²) >= 11 is 0. The van der Waals surface area contributed by atoms with Crippen LogP contribution in [-0.2, 0) is 11.3 Å². The van der Waals surface area contributed by atoms with Crippen molar-refractivity contribution in [2.75, 3.05) is 24.3 Å². The number of ether oxygens (including phenoxy) is 1. The monoisotopic (exact) mass is 400 g/mol. The number of H-pyrrole nitrogens is 1. The van der Waals surface area contributed by atoms with Crippen molar-refractivity contribution in [3.05, 3.63) is 56.7 Å². The number of hydrogen-bond acceptors (Lipinski definition) is 5. The lowest BCUT2D eigenvalue weighted by Gasteiger charge is -2.23. The van der Waals surface area contributed by atoms with Gasteiger partial charge in [-0.15, -0.1) is 0 Å². The van der Waals surface area contributed by atoms with Crippen molar-refractivity contribution in [2.45, 2.75) is 39.7 Å². The first kappa shape index (κ1) is 22.0. The van der Waals surface area contributed by atoms with Gasteiger partial charge in [0.15, 0.2) is 5.69 Å². The van der Waals surface area contributed by atoms with Crippen LogP contribution in [0.1, 0.15) is 38.7 Å². The molecule has 0 atom stereocenters. The van der Waals surface area contributed by atoms with Gasteiger partial charge in [-0.05, 0) is 36.6 Å². The predicted molar refractivity (Wildman–Crippen MR) is 115 cm³/mol. The minimum absolute atomic E-state index is 0.000154. The van der Waals surface area contributed by atoms with E-state index in [1.165, 1.54) is 15.5 Å². The molecule has 0 radical (unpaired) electrons. The van der Waals surface area contributed by atoms with Crippen LogP contribution < -0.4 is 26.6 Å². The van der Waals surface area contributed by atoms with Gasteiger partial charge in [-0.25, -0.2) is 4.79 Å². The Morgan fingerprint density at radius 2 is 2.03 bits per heavy atom. The minimum atomic E-state index is -0.668. The van der Waals surface area contributed by atoms with E-state index in [4.69, 9.17) is 10.5 Å². The Bertz CT molecular complexity index is 991. The third-order valence-electron chi connectivity index (χ3n) is 4.44. The van der Waals surface area contributed by atoms with E-state index < -0.39 is 11.2 Å². The maximum Gasteiger partial charge on any atom is 0.330 e. The molecule has 3 N–H and O–H groups in total. The Morgan fingerprint density at radius 3 is 2.69 bits per heavy atom. The molecule has 2 rings (SSSR count). The molecule has 0 saturated carbocycles. The van der Waals surface area contributed by atoms with E-state index in [0.717, 1.165) is 12.0 Å². The molecule has 1 amide bonds. The average molecular weight is 400 g/mol. The van der Waals surface area contributed by atoms with Crippen LogP contribution in [0.2, 0.25) is 0 Å². The van der Waals surface area contributed by atoms with Crippen LogP contribution in [0.15, 0.2) is 39.9 Å². The molecule has 156 valence electrons. The zero-order valence-electron chi connectivity index (χ0n) is 17.1. The fraction of sp³-hybridized carbons (Fsp3) is 0.381. The number of methoxy groups -OCH3 is 1. The summed E-state index contributed by atoms with van der Waals surface area (Å²) in [7, 11) is 1.57. The summed E-state index contributed by atoms with van der Waals surface area (Å²) in [5.41, 5.74) is 5.68. The molecule has 1 heterocycles. The van der Waals surface area contributed by atoms with Crippen LogP contribution in [0, 0.1) is 0 Å². The number of anilines is 2. The van der Waals surface area contributed by atoms with Gasteiger partial charge < -0.3 is 15.4 Å². The number of nitrogen functional groups attached to an aromatic ring is 1. The lowest BCUT2D eigenvalue weighted by Crippen LogP contribution is -2.41. The van der Waals surface area contributed by atoms with Crippen molar-refractivity contribution in [3.63, 3.8) is 0 Å². The standard InChI is InChI=1S/C21H28N4O4/c1-4-6-13-24(17(26)11-10-15-8-7-9-16(14-15)29-3)18-19(22)25(12-5-2)21(28)23-20(18)27/h7-11,14H,4-6,12-13,22H2,1-3H3,(H,23,27,28). The molecule has 29 heavy (non-hydrogen) atoms. The maximum atomic E-state index is 12.9. The van der Waals surface area contributed by atoms with Crippen LogP contribution in [0.25, 0.3) is 6.08 Å². The molecule has 0 saturated heterocycles. The molecule has 0 bridgehead atoms. The van der Waals surface area contributed by atoms with Gasteiger partial charge in [0.1, 0.15) is 11.6 Å². The van der Waals surface area contributed by atoms with E-state index in [0.29, 0.717) is 31.7 Å². The molecule has 1 aromatic heterocycles. The highest BCUT2D eigenvalue weighted by molar-refractivity contribution is 6.05. The summed E-state index contributed by atoms with van der Waals surface area (Å²) in [6.07, 6.45) is 5.21. The van der Waals surface area contributed by atoms with E-state index in [-0.39, 0.29) is 17.4 Å². The topological polar surface area (TPSA) is 110 Å². The normalized spacial score (nSPS) is 11.0. The van der Waals surface area contributed by atoms with E-state index in [2.05, 4.69) is 4.98 Å². The van der Waals surface area contributed by atoms with Crippen molar-refractivity contribution in [2.24, 2.45) is 0 Å². The van der Waals surface area contributed by atoms with Crippen LogP contribution in [0.3, 0.4) is 0 Å². The predicted octanol–water partition coefficient (Wildman–Crippen LogP) is 2.38. The fourth-order valence-electron chi connectivity index (χ4n) is 2.93. The Kier molecular flexibility index (Phi) is 7.82. The highest BCUT2D eigenvalue weighted by atomic mass is 16.5. The Hall–Kier alpha value is -3.29. The van der Waals surface area contributed by atoms with Gasteiger partial charge in [0.05, 0.1) is 7.11 Å². The second-order valence-electron chi connectivity index (χ2n) is 6.60. The summed E-state index contributed by atoms with van der Waals surface area (Å²) in [5.74, 6) is 0.287. The number of carbonyl (C=O) groups is 1. The van der Waals surface area contributed by atoms with Crippen LogP contribution >= 0.6 is 0 Å². The first-order valence-corrected chi connectivity index (χ1v) is 9.69. The van der Waals surface area contributed by atoms with E-state index in [1.54, 1.807) is 19.3 Å². The summed E-state index contributed by atoms with van der Waals surface area (Å²) in [6, 6.07) is 7.26. The van der Waals surface area contributed by atoms with Crippen molar-refractivity contribution in [1.82, 2.24) is 9.55 Å². The molecular formula is C21H28N4O4. The molecule has 0 fully saturated rings. The van der Waals surface area contributed by atoms with Gasteiger partial charge >= 0.3 is 5.69 Å². The highest BCUT2D eigenvalue weighted by Crippen LogP contribution is 2.19. The largest absolute Gasteiger partial charge is 0.497 e. The van der Waals surface area contributed by atoms with Crippen LogP contribution in [0.4, 0.5) is 11.5 Å². The van der Waals surface area contributed by atoms with Gasteiger partial charge in [-0.1, -0.05) is 32.4 Å². The SMILES string of the molecule is CCCCN(C(=O)C=Cc1cccc(OC)c1)c1c(N)n(CCC)c(=O)[nH]c1=O. The van der Waals surface area contributed by atoms with Gasteiger partial charge in [-0.3, -0.25) is 19.1 Å². The summed E-state index contributed by atoms with van der Waals surface area (Å²) in [4.78, 5) is 41.1. The number of carbonyl (C=O) groups excluding carboxylic acids is 1. The number of rotatable bonds is 9. The van der Waals surface area contributed by atoms with Gasteiger partial charge in [0.25, 0.3) is 11.5 Å². The molecule has 0 spiro atoms. The highest BCUT2D eigenvalue weighted by Gasteiger charge is 2.22. The molecule has 0 aliphatic heterocycles. The summed E-state index contributed by atoms with van der Waals surface area (Å²) in [5, 5.41) is 0. The lowest BCUT2D eigenvalue weighted by molar-refractivity contribution is -0.114. The fourth-order valence-corrected chi connectivity index (χ4v) is 2.93.